The fourth-order valence-corrected chi connectivity index (χ4v) is 6.90. The van der Waals surface area contributed by atoms with Gasteiger partial charge in [-0.15, -0.1) is 0 Å². The number of hydrogen-bond donors (Lipinski definition) is 1. The van der Waals surface area contributed by atoms with Crippen molar-refractivity contribution in [2.45, 2.75) is 47.0 Å². The van der Waals surface area contributed by atoms with Crippen molar-refractivity contribution < 1.29 is 16.1 Å². The van der Waals surface area contributed by atoms with Crippen molar-refractivity contribution >= 4 is 11.0 Å². The van der Waals surface area contributed by atoms with Gasteiger partial charge in [-0.25, -0.2) is 4.98 Å². The number of hydrogen-bond acceptors (Lipinski definition) is 3. The van der Waals surface area contributed by atoms with Crippen LogP contribution in [0.2, 0.25) is 0 Å². The first-order chi connectivity index (χ1) is 28.8. The molecule has 4 nitrogen and oxygen atoms in total. The minimum Gasteiger partial charge on any atom is -0.507 e. The van der Waals surface area contributed by atoms with Gasteiger partial charge in [0.1, 0.15) is 11.6 Å². The third-order valence-electron chi connectivity index (χ3n) is 9.52. The van der Waals surface area contributed by atoms with E-state index in [1.54, 1.807) is 0 Å². The second-order valence-corrected chi connectivity index (χ2v) is 14.6. The minimum absolute atomic E-state index is 0.0296. The molecule has 0 radical (unpaired) electrons. The van der Waals surface area contributed by atoms with Crippen molar-refractivity contribution in [2.75, 3.05) is 0 Å². The maximum atomic E-state index is 11.6. The normalized spacial score (nSPS) is 13.8. The van der Waals surface area contributed by atoms with Gasteiger partial charge in [0, 0.05) is 23.0 Å². The van der Waals surface area contributed by atoms with Crippen molar-refractivity contribution in [2.24, 2.45) is 0 Å². The molecular weight excluding hydrogens is 647 g/mol. The van der Waals surface area contributed by atoms with Crippen LogP contribution in [0.4, 0.5) is 0 Å². The van der Waals surface area contributed by atoms with E-state index < -0.39 is 47.8 Å². The molecule has 1 N–H and O–H groups in total. The number of aromatic hydroxyl groups is 1. The number of phenolic OH excluding ortho intramolecular Hbond substituents is 1. The van der Waals surface area contributed by atoms with E-state index in [0.29, 0.717) is 22.5 Å². The quantitative estimate of drug-likeness (QED) is 0.188. The monoisotopic (exact) mass is 697 g/mol. The summed E-state index contributed by atoms with van der Waals surface area (Å²) in [6.07, 6.45) is -0.498. The van der Waals surface area contributed by atoms with E-state index in [1.165, 1.54) is 0 Å². The first kappa shape index (κ1) is 25.7. The van der Waals surface area contributed by atoms with Gasteiger partial charge in [0.2, 0.25) is 0 Å². The summed E-state index contributed by atoms with van der Waals surface area (Å²) in [6, 6.07) is 28.4. The molecule has 0 aliphatic carbocycles. The third kappa shape index (κ3) is 6.53. The summed E-state index contributed by atoms with van der Waals surface area (Å²) in [5, 5.41) is 11.6. The zero-order chi connectivity index (χ0) is 43.8. The van der Waals surface area contributed by atoms with Crippen molar-refractivity contribution in [1.82, 2.24) is 14.5 Å². The van der Waals surface area contributed by atoms with Crippen LogP contribution in [0.3, 0.4) is 0 Å². The molecule has 2 heterocycles. The van der Waals surface area contributed by atoms with Crippen LogP contribution < -0.4 is 0 Å². The van der Waals surface area contributed by atoms with Gasteiger partial charge in [0.25, 0.3) is 0 Å². The lowest BCUT2D eigenvalue weighted by Gasteiger charge is -2.22. The zero-order valence-electron chi connectivity index (χ0n) is 38.5. The summed E-state index contributed by atoms with van der Waals surface area (Å²) in [6.45, 7) is 12.1. The highest BCUT2D eigenvalue weighted by Gasteiger charge is 2.23. The summed E-state index contributed by atoms with van der Waals surface area (Å²) in [5.41, 5.74) is 9.53. The van der Waals surface area contributed by atoms with Crippen molar-refractivity contribution in [3.63, 3.8) is 0 Å². The molecule has 0 fully saturated rings. The van der Waals surface area contributed by atoms with Crippen LogP contribution in [0, 0.1) is 20.8 Å². The summed E-state index contributed by atoms with van der Waals surface area (Å²) >= 11 is 0. The Labute approximate surface area is 323 Å². The van der Waals surface area contributed by atoms with Gasteiger partial charge in [-0.05, 0) is 125 Å². The molecule has 4 heteroatoms. The van der Waals surface area contributed by atoms with Crippen molar-refractivity contribution in [1.29, 1.82) is 0 Å². The fourth-order valence-electron chi connectivity index (χ4n) is 6.90. The Morgan fingerprint density at radius 3 is 2.17 bits per heavy atom. The van der Waals surface area contributed by atoms with Crippen LogP contribution in [-0.2, 0) is 5.41 Å². The smallest absolute Gasteiger partial charge is 0.149 e. The number of benzene rings is 6. The molecule has 8 aromatic rings. The lowest BCUT2D eigenvalue weighted by Crippen LogP contribution is -2.11. The molecule has 0 aliphatic heterocycles. The molecule has 53 heavy (non-hydrogen) atoms. The maximum Gasteiger partial charge on any atom is 0.149 e. The number of para-hydroxylation sites is 1. The molecule has 0 amide bonds. The molecule has 6 aromatic carbocycles. The zero-order valence-corrected chi connectivity index (χ0v) is 30.5. The average Bonchev–Trinajstić information content (AvgIpc) is 3.62. The highest BCUT2D eigenvalue weighted by molar-refractivity contribution is 5.97. The number of fused-ring (bicyclic) bond motifs is 1. The van der Waals surface area contributed by atoms with Gasteiger partial charge in [0.15, 0.2) is 0 Å². The van der Waals surface area contributed by atoms with E-state index in [1.807, 2.05) is 74.5 Å². The highest BCUT2D eigenvalue weighted by Crippen LogP contribution is 2.41. The number of nitrogens with zero attached hydrogens (tertiary/aromatic N) is 3. The largest absolute Gasteiger partial charge is 0.507 e. The lowest BCUT2D eigenvalue weighted by molar-refractivity contribution is 0.472. The topological polar surface area (TPSA) is 50.9 Å². The Kier molecular flexibility index (Phi) is 6.47. The molecule has 0 saturated carbocycles. The Hall–Kier alpha value is -6.26. The van der Waals surface area contributed by atoms with Crippen LogP contribution in [0.15, 0.2) is 146 Å². The number of phenols is 1. The second-order valence-electron chi connectivity index (χ2n) is 14.6. The molecule has 8 rings (SSSR count). The van der Waals surface area contributed by atoms with Crippen molar-refractivity contribution in [3.05, 3.63) is 168 Å². The molecule has 0 atom stereocenters. The van der Waals surface area contributed by atoms with Crippen LogP contribution in [0.25, 0.3) is 72.7 Å². The summed E-state index contributed by atoms with van der Waals surface area (Å²) in [5.74, 6) is 0.677. The van der Waals surface area contributed by atoms with Gasteiger partial charge in [0.05, 0.1) is 33.3 Å². The number of aryl methyl sites for hydroxylation is 3. The van der Waals surface area contributed by atoms with Gasteiger partial charge in [-0.2, -0.15) is 0 Å². The number of rotatable bonds is 6. The van der Waals surface area contributed by atoms with Crippen molar-refractivity contribution in [3.8, 4) is 67.5 Å². The van der Waals surface area contributed by atoms with E-state index in [2.05, 4.69) is 73.6 Å². The Bertz CT molecular complexity index is 3070. The van der Waals surface area contributed by atoms with E-state index in [9.17, 15) is 6.48 Å². The number of aromatic nitrogens is 3. The van der Waals surface area contributed by atoms with Gasteiger partial charge in [-0.1, -0.05) is 112 Å². The van der Waals surface area contributed by atoms with Crippen LogP contribution >= 0.6 is 0 Å². The summed E-state index contributed by atoms with van der Waals surface area (Å²) < 4.78 is 71.0. The molecule has 0 spiro atoms. The Morgan fingerprint density at radius 2 is 1.40 bits per heavy atom. The van der Waals surface area contributed by atoms with Crippen LogP contribution in [0.1, 0.15) is 54.0 Å². The lowest BCUT2D eigenvalue weighted by atomic mass is 9.83. The molecule has 2 aromatic heterocycles. The van der Waals surface area contributed by atoms with Crippen LogP contribution in [0.5, 0.6) is 5.75 Å². The molecule has 260 valence electrons. The van der Waals surface area contributed by atoms with E-state index in [-0.39, 0.29) is 28.6 Å². The first-order valence-corrected chi connectivity index (χ1v) is 17.6. The Morgan fingerprint density at radius 1 is 0.642 bits per heavy atom. The highest BCUT2D eigenvalue weighted by atomic mass is 16.3. The predicted molar refractivity (Wildman–Crippen MR) is 221 cm³/mol. The van der Waals surface area contributed by atoms with Gasteiger partial charge in [-0.3, -0.25) is 9.55 Å². The third-order valence-corrected chi connectivity index (χ3v) is 9.52. The molecule has 0 bridgehead atoms. The number of pyridine rings is 1. The standard InChI is InChI=1S/C49H43N3O/c1-31-22-33(3)47(53)43(25-31)48-51-46-42(18-13-19-45(46)52(48)41-24-32(2)23-37(29-41)35-16-11-8-12-17-35)38-26-39(28-40(27-38)49(4,5)6)44-30-36(20-21-50-44)34-14-9-7-10-15-34/h7-30,53H,1-6H3/i7D,9D,10D,14D,15D,20D,21D,30D. The second kappa shape index (κ2) is 13.4. The SMILES string of the molecule is [2H]c1nc(-c2cc(-c3cccc4c3nc(-c3cc(C)cc(C)c3O)n4-c3cc(C)cc(-c4ccccc4)c3)cc(C(C)(C)C)c2)c([2H])c(-c2c([2H])c([2H])c([2H])c([2H])c2[2H])c1[2H]. The molecule has 0 saturated heterocycles. The van der Waals surface area contributed by atoms with Crippen LogP contribution in [-0.4, -0.2) is 19.6 Å². The fraction of sp³-hybridized carbons (Fsp3) is 0.143. The number of imidazole rings is 1. The molecule has 0 unspecified atom stereocenters. The average molecular weight is 698 g/mol. The van der Waals surface area contributed by atoms with Gasteiger partial charge >= 0.3 is 0 Å². The predicted octanol–water partition coefficient (Wildman–Crippen LogP) is 12.7. The molecular formula is C49H43N3O. The van der Waals surface area contributed by atoms with E-state index >= 15 is 0 Å². The Balaban J connectivity index is 1.42. The summed E-state index contributed by atoms with van der Waals surface area (Å²) in [4.78, 5) is 9.77. The molecule has 0 aliphatic rings. The summed E-state index contributed by atoms with van der Waals surface area (Å²) in [7, 11) is 0. The maximum absolute atomic E-state index is 11.6. The minimum atomic E-state index is -0.597. The van der Waals surface area contributed by atoms with Gasteiger partial charge < -0.3 is 5.11 Å². The van der Waals surface area contributed by atoms with E-state index in [4.69, 9.17) is 14.6 Å². The first-order valence-electron chi connectivity index (χ1n) is 21.6. The van der Waals surface area contributed by atoms with E-state index in [0.717, 1.165) is 55.7 Å².